The Kier molecular flexibility index (Phi) is 4.92. The van der Waals surface area contributed by atoms with Crippen molar-refractivity contribution in [1.29, 1.82) is 0 Å². The molecule has 0 saturated heterocycles. The van der Waals surface area contributed by atoms with Gasteiger partial charge in [-0.25, -0.2) is 0 Å². The average molecular weight is 293 g/mol. The van der Waals surface area contributed by atoms with Gasteiger partial charge in [0.1, 0.15) is 0 Å². The van der Waals surface area contributed by atoms with E-state index in [4.69, 9.17) is 0 Å². The van der Waals surface area contributed by atoms with Gasteiger partial charge in [-0.15, -0.1) is 0 Å². The molecule has 0 radical (unpaired) electrons. The van der Waals surface area contributed by atoms with E-state index in [2.05, 4.69) is 10.4 Å². The maximum Gasteiger partial charge on any atom is 0.220 e. The van der Waals surface area contributed by atoms with Crippen molar-refractivity contribution in [2.75, 3.05) is 6.54 Å². The Hall–Kier alpha value is -1.66. The molecule has 2 aromatic heterocycles. The molecule has 1 amide bonds. The summed E-state index contributed by atoms with van der Waals surface area (Å²) in [7, 11) is 1.89. The molecular formula is C14H19N3O2S. The number of rotatable bonds is 6. The predicted octanol–water partition coefficient (Wildman–Crippen LogP) is 1.57. The lowest BCUT2D eigenvalue weighted by molar-refractivity contribution is -0.121. The maximum absolute atomic E-state index is 11.8. The molecule has 2 aromatic rings. The number of aromatic nitrogens is 2. The molecule has 0 fully saturated rings. The molecule has 0 aliphatic carbocycles. The van der Waals surface area contributed by atoms with Crippen LogP contribution in [-0.2, 0) is 18.3 Å². The average Bonchev–Trinajstić information content (AvgIpc) is 3.06. The summed E-state index contributed by atoms with van der Waals surface area (Å²) < 4.78 is 1.80. The molecule has 5 nitrogen and oxygen atoms in total. The molecular weight excluding hydrogens is 274 g/mol. The summed E-state index contributed by atoms with van der Waals surface area (Å²) in [6.07, 6.45) is 2.23. The van der Waals surface area contributed by atoms with Crippen molar-refractivity contribution >= 4 is 17.2 Å². The van der Waals surface area contributed by atoms with Gasteiger partial charge in [-0.2, -0.15) is 16.4 Å². The van der Waals surface area contributed by atoms with E-state index in [0.717, 1.165) is 16.8 Å². The van der Waals surface area contributed by atoms with Crippen molar-refractivity contribution in [2.45, 2.75) is 25.9 Å². The van der Waals surface area contributed by atoms with E-state index >= 15 is 0 Å². The smallest absolute Gasteiger partial charge is 0.220 e. The number of nitrogens with one attached hydrogen (secondary N) is 1. The highest BCUT2D eigenvalue weighted by molar-refractivity contribution is 7.07. The Morgan fingerprint density at radius 3 is 3.00 bits per heavy atom. The van der Waals surface area contributed by atoms with Crippen LogP contribution in [0.4, 0.5) is 0 Å². The molecule has 1 unspecified atom stereocenters. The van der Waals surface area contributed by atoms with E-state index in [1.807, 2.05) is 30.8 Å². The van der Waals surface area contributed by atoms with Crippen LogP contribution in [0.1, 0.15) is 29.3 Å². The fourth-order valence-corrected chi connectivity index (χ4v) is 2.63. The standard InChI is InChI=1S/C14H19N3O2S/c1-10-11(7-16-17(10)2)3-4-14(19)15-8-13(18)12-5-6-20-9-12/h5-7,9,13,18H,3-4,8H2,1-2H3,(H,15,19). The van der Waals surface area contributed by atoms with Crippen LogP contribution in [0.2, 0.25) is 0 Å². The summed E-state index contributed by atoms with van der Waals surface area (Å²) >= 11 is 1.53. The summed E-state index contributed by atoms with van der Waals surface area (Å²) in [5.74, 6) is -0.0532. The van der Waals surface area contributed by atoms with E-state index in [1.54, 1.807) is 10.9 Å². The van der Waals surface area contributed by atoms with Gasteiger partial charge in [0.15, 0.2) is 0 Å². The minimum atomic E-state index is -0.634. The van der Waals surface area contributed by atoms with Crippen LogP contribution in [0, 0.1) is 6.92 Å². The molecule has 6 heteroatoms. The van der Waals surface area contributed by atoms with Crippen LogP contribution in [0.5, 0.6) is 0 Å². The minimum Gasteiger partial charge on any atom is -0.387 e. The van der Waals surface area contributed by atoms with Crippen molar-refractivity contribution in [3.8, 4) is 0 Å². The number of amides is 1. The Morgan fingerprint density at radius 2 is 2.40 bits per heavy atom. The first-order chi connectivity index (χ1) is 9.58. The zero-order valence-corrected chi connectivity index (χ0v) is 12.5. The van der Waals surface area contributed by atoms with Gasteiger partial charge in [-0.05, 0) is 41.3 Å². The number of aliphatic hydroxyl groups excluding tert-OH is 1. The van der Waals surface area contributed by atoms with Crippen molar-refractivity contribution in [2.24, 2.45) is 7.05 Å². The lowest BCUT2D eigenvalue weighted by atomic mass is 10.1. The second-order valence-electron chi connectivity index (χ2n) is 4.76. The third kappa shape index (κ3) is 3.68. The van der Waals surface area contributed by atoms with Crippen LogP contribution >= 0.6 is 11.3 Å². The first kappa shape index (κ1) is 14.7. The van der Waals surface area contributed by atoms with Gasteiger partial charge in [-0.1, -0.05) is 0 Å². The van der Waals surface area contributed by atoms with Gasteiger partial charge >= 0.3 is 0 Å². The molecule has 0 aromatic carbocycles. The largest absolute Gasteiger partial charge is 0.387 e. The second kappa shape index (κ2) is 6.67. The van der Waals surface area contributed by atoms with E-state index in [-0.39, 0.29) is 12.5 Å². The maximum atomic E-state index is 11.8. The van der Waals surface area contributed by atoms with E-state index in [9.17, 15) is 9.90 Å². The number of aryl methyl sites for hydroxylation is 2. The summed E-state index contributed by atoms with van der Waals surface area (Å²) in [4.78, 5) is 11.8. The molecule has 2 rings (SSSR count). The van der Waals surface area contributed by atoms with Crippen LogP contribution in [0.3, 0.4) is 0 Å². The minimum absolute atomic E-state index is 0.0532. The number of carbonyl (C=O) groups is 1. The molecule has 0 bridgehead atoms. The zero-order valence-electron chi connectivity index (χ0n) is 11.7. The Morgan fingerprint density at radius 1 is 1.60 bits per heavy atom. The van der Waals surface area contributed by atoms with Crippen LogP contribution in [-0.4, -0.2) is 27.3 Å². The first-order valence-corrected chi connectivity index (χ1v) is 7.46. The predicted molar refractivity (Wildman–Crippen MR) is 78.6 cm³/mol. The highest BCUT2D eigenvalue weighted by atomic mass is 32.1. The highest BCUT2D eigenvalue weighted by Gasteiger charge is 2.11. The molecule has 0 saturated carbocycles. The summed E-state index contributed by atoms with van der Waals surface area (Å²) in [5.41, 5.74) is 3.01. The topological polar surface area (TPSA) is 67.2 Å². The van der Waals surface area contributed by atoms with Gasteiger partial charge < -0.3 is 10.4 Å². The summed E-state index contributed by atoms with van der Waals surface area (Å²) in [6.45, 7) is 2.24. The van der Waals surface area contributed by atoms with Crippen LogP contribution < -0.4 is 5.32 Å². The van der Waals surface area contributed by atoms with Crippen LogP contribution in [0.15, 0.2) is 23.0 Å². The molecule has 0 spiro atoms. The zero-order chi connectivity index (χ0) is 14.5. The van der Waals surface area contributed by atoms with E-state index < -0.39 is 6.10 Å². The molecule has 0 aliphatic rings. The fraction of sp³-hybridized carbons (Fsp3) is 0.429. The van der Waals surface area contributed by atoms with E-state index in [1.165, 1.54) is 11.3 Å². The van der Waals surface area contributed by atoms with Gasteiger partial charge in [0.2, 0.25) is 5.91 Å². The third-order valence-electron chi connectivity index (χ3n) is 3.38. The van der Waals surface area contributed by atoms with Crippen LogP contribution in [0.25, 0.3) is 0 Å². The van der Waals surface area contributed by atoms with Crippen molar-refractivity contribution < 1.29 is 9.90 Å². The lowest BCUT2D eigenvalue weighted by Gasteiger charge is -2.10. The molecule has 20 heavy (non-hydrogen) atoms. The molecule has 1 atom stereocenters. The Bertz CT molecular complexity index is 563. The summed E-state index contributed by atoms with van der Waals surface area (Å²) in [6, 6.07) is 1.86. The number of hydrogen-bond donors (Lipinski definition) is 2. The molecule has 108 valence electrons. The summed E-state index contributed by atoms with van der Waals surface area (Å²) in [5, 5.41) is 20.6. The first-order valence-electron chi connectivity index (χ1n) is 6.52. The molecule has 0 aliphatic heterocycles. The second-order valence-corrected chi connectivity index (χ2v) is 5.54. The number of hydrogen-bond acceptors (Lipinski definition) is 4. The third-order valence-corrected chi connectivity index (χ3v) is 4.08. The number of aliphatic hydroxyl groups is 1. The lowest BCUT2D eigenvalue weighted by Crippen LogP contribution is -2.28. The number of nitrogens with zero attached hydrogens (tertiary/aromatic N) is 2. The highest BCUT2D eigenvalue weighted by Crippen LogP contribution is 2.15. The normalized spacial score (nSPS) is 12.3. The van der Waals surface area contributed by atoms with Crippen molar-refractivity contribution in [3.05, 3.63) is 39.8 Å². The Balaban J connectivity index is 1.74. The van der Waals surface area contributed by atoms with E-state index in [0.29, 0.717) is 12.8 Å². The van der Waals surface area contributed by atoms with Crippen molar-refractivity contribution in [1.82, 2.24) is 15.1 Å². The fourth-order valence-electron chi connectivity index (χ4n) is 1.92. The van der Waals surface area contributed by atoms with Gasteiger partial charge in [0.25, 0.3) is 0 Å². The van der Waals surface area contributed by atoms with Gasteiger partial charge in [0, 0.05) is 25.7 Å². The molecule has 2 N–H and O–H groups in total. The quantitative estimate of drug-likeness (QED) is 0.849. The van der Waals surface area contributed by atoms with Crippen molar-refractivity contribution in [3.63, 3.8) is 0 Å². The Labute approximate surface area is 122 Å². The van der Waals surface area contributed by atoms with Gasteiger partial charge in [0.05, 0.1) is 12.3 Å². The monoisotopic (exact) mass is 293 g/mol. The SMILES string of the molecule is Cc1c(CCC(=O)NCC(O)c2ccsc2)cnn1C. The molecule has 2 heterocycles. The van der Waals surface area contributed by atoms with Gasteiger partial charge in [-0.3, -0.25) is 9.48 Å². The number of thiophene rings is 1. The number of carbonyl (C=O) groups excluding carboxylic acids is 1.